The van der Waals surface area contributed by atoms with Gasteiger partial charge in [0, 0.05) is 20.4 Å². The molecule has 9 heteroatoms. The summed E-state index contributed by atoms with van der Waals surface area (Å²) in [7, 11) is 3.27. The normalized spacial score (nSPS) is 16.0. The average Bonchev–Trinajstić information content (AvgIpc) is 2.99. The molecule has 0 aromatic carbocycles. The lowest BCUT2D eigenvalue weighted by atomic mass is 10.2. The molecule has 1 unspecified atom stereocenters. The number of nitrogens with one attached hydrogen (secondary N) is 2. The van der Waals surface area contributed by atoms with Crippen molar-refractivity contribution in [1.82, 2.24) is 25.3 Å². The number of aromatic nitrogens is 2. The second kappa shape index (κ2) is 6.35. The van der Waals surface area contributed by atoms with E-state index in [1.807, 2.05) is 0 Å². The fraction of sp³-hybridized carbons (Fsp3) is 0.500. The molecule has 0 radical (unpaired) electrons. The molecule has 1 aromatic heterocycles. The summed E-state index contributed by atoms with van der Waals surface area (Å²) in [5, 5.41) is 9.12. The van der Waals surface area contributed by atoms with Crippen LogP contribution in [0.2, 0.25) is 0 Å². The maximum absolute atomic E-state index is 12.0. The van der Waals surface area contributed by atoms with Crippen molar-refractivity contribution in [3.05, 3.63) is 18.0 Å². The van der Waals surface area contributed by atoms with E-state index < -0.39 is 23.9 Å². The second-order valence-corrected chi connectivity index (χ2v) is 4.59. The largest absolute Gasteiger partial charge is 0.382 e. The van der Waals surface area contributed by atoms with E-state index in [1.165, 1.54) is 7.11 Å². The number of amides is 4. The Hall–Kier alpha value is -2.42. The lowest BCUT2D eigenvalue weighted by Gasteiger charge is -2.20. The molecule has 2 rings (SSSR count). The Kier molecular flexibility index (Phi) is 4.53. The first-order valence-electron chi connectivity index (χ1n) is 6.37. The van der Waals surface area contributed by atoms with Gasteiger partial charge in [-0.1, -0.05) is 0 Å². The zero-order valence-corrected chi connectivity index (χ0v) is 11.8. The molecule has 1 aliphatic heterocycles. The molecule has 1 aliphatic rings. The van der Waals surface area contributed by atoms with Gasteiger partial charge in [-0.3, -0.25) is 19.2 Å². The van der Waals surface area contributed by atoms with Gasteiger partial charge in [-0.05, 0) is 6.07 Å². The van der Waals surface area contributed by atoms with E-state index in [2.05, 4.69) is 15.7 Å². The molecule has 0 spiro atoms. The first kappa shape index (κ1) is 15.0. The highest BCUT2D eigenvalue weighted by Crippen LogP contribution is 2.12. The van der Waals surface area contributed by atoms with E-state index in [-0.39, 0.29) is 19.7 Å². The first-order chi connectivity index (χ1) is 10.0. The van der Waals surface area contributed by atoms with Crippen LogP contribution in [0, 0.1) is 0 Å². The molecule has 1 aromatic rings. The van der Waals surface area contributed by atoms with E-state index in [1.54, 1.807) is 24.0 Å². The smallest absolute Gasteiger partial charge is 0.325 e. The van der Waals surface area contributed by atoms with Crippen LogP contribution in [0.15, 0.2) is 12.3 Å². The van der Waals surface area contributed by atoms with Crippen molar-refractivity contribution in [3.8, 4) is 0 Å². The summed E-state index contributed by atoms with van der Waals surface area (Å²) in [5.41, 5.74) is 0.766. The SMILES string of the molecule is COCC(NC(=O)CN1C(=O)CNC1=O)c1ccnn1C. The third-order valence-corrected chi connectivity index (χ3v) is 3.12. The summed E-state index contributed by atoms with van der Waals surface area (Å²) < 4.78 is 6.70. The number of rotatable bonds is 6. The molecule has 1 fully saturated rings. The monoisotopic (exact) mass is 295 g/mol. The molecule has 2 N–H and O–H groups in total. The zero-order chi connectivity index (χ0) is 15.4. The van der Waals surface area contributed by atoms with Gasteiger partial charge in [0.1, 0.15) is 6.54 Å². The predicted molar refractivity (Wildman–Crippen MR) is 71.1 cm³/mol. The maximum atomic E-state index is 12.0. The van der Waals surface area contributed by atoms with Crippen LogP contribution in [-0.4, -0.2) is 59.3 Å². The van der Waals surface area contributed by atoms with Crippen molar-refractivity contribution >= 4 is 17.8 Å². The van der Waals surface area contributed by atoms with Gasteiger partial charge in [-0.2, -0.15) is 5.10 Å². The minimum absolute atomic E-state index is 0.0741. The van der Waals surface area contributed by atoms with Gasteiger partial charge in [0.25, 0.3) is 5.91 Å². The van der Waals surface area contributed by atoms with Crippen molar-refractivity contribution in [1.29, 1.82) is 0 Å². The number of methoxy groups -OCH3 is 1. The van der Waals surface area contributed by atoms with Gasteiger partial charge >= 0.3 is 6.03 Å². The third kappa shape index (κ3) is 3.37. The van der Waals surface area contributed by atoms with Crippen molar-refractivity contribution in [2.45, 2.75) is 6.04 Å². The Labute approximate surface area is 121 Å². The summed E-state index contributed by atoms with van der Waals surface area (Å²) in [6.07, 6.45) is 1.61. The van der Waals surface area contributed by atoms with Crippen LogP contribution in [0.4, 0.5) is 4.79 Å². The van der Waals surface area contributed by atoms with Gasteiger partial charge in [0.15, 0.2) is 0 Å². The van der Waals surface area contributed by atoms with Gasteiger partial charge in [-0.25, -0.2) is 4.79 Å². The molecule has 0 bridgehead atoms. The van der Waals surface area contributed by atoms with Gasteiger partial charge in [-0.15, -0.1) is 0 Å². The Balaban J connectivity index is 2.00. The molecule has 0 aliphatic carbocycles. The fourth-order valence-corrected chi connectivity index (χ4v) is 2.09. The Morgan fingerprint density at radius 3 is 2.86 bits per heavy atom. The van der Waals surface area contributed by atoms with Crippen LogP contribution in [0.25, 0.3) is 0 Å². The van der Waals surface area contributed by atoms with E-state index in [0.717, 1.165) is 10.6 Å². The van der Waals surface area contributed by atoms with Crippen LogP contribution < -0.4 is 10.6 Å². The van der Waals surface area contributed by atoms with Crippen molar-refractivity contribution in [3.63, 3.8) is 0 Å². The minimum Gasteiger partial charge on any atom is -0.382 e. The van der Waals surface area contributed by atoms with Crippen molar-refractivity contribution in [2.75, 3.05) is 26.8 Å². The summed E-state index contributed by atoms with van der Waals surface area (Å²) in [6.45, 7) is -0.135. The number of ether oxygens (including phenoxy) is 1. The second-order valence-electron chi connectivity index (χ2n) is 4.59. The highest BCUT2D eigenvalue weighted by Gasteiger charge is 2.31. The first-order valence-corrected chi connectivity index (χ1v) is 6.37. The number of hydrogen-bond acceptors (Lipinski definition) is 5. The minimum atomic E-state index is -0.557. The standard InChI is InChI=1S/C12H17N5O4/c1-16-9(3-4-14-16)8(7-21-2)15-10(18)6-17-11(19)5-13-12(17)20/h3-4,8H,5-7H2,1-2H3,(H,13,20)(H,15,18). The van der Waals surface area contributed by atoms with Crippen molar-refractivity contribution in [2.24, 2.45) is 7.05 Å². The maximum Gasteiger partial charge on any atom is 0.325 e. The van der Waals surface area contributed by atoms with Gasteiger partial charge < -0.3 is 15.4 Å². The number of urea groups is 1. The highest BCUT2D eigenvalue weighted by molar-refractivity contribution is 6.04. The van der Waals surface area contributed by atoms with Crippen LogP contribution in [0.5, 0.6) is 0 Å². The van der Waals surface area contributed by atoms with E-state index in [0.29, 0.717) is 0 Å². The van der Waals surface area contributed by atoms with Gasteiger partial charge in [0.05, 0.1) is 24.9 Å². The van der Waals surface area contributed by atoms with Crippen LogP contribution in [0.3, 0.4) is 0 Å². The number of nitrogens with zero attached hydrogens (tertiary/aromatic N) is 3. The number of carbonyl (C=O) groups is 3. The number of hydrogen-bond donors (Lipinski definition) is 2. The molecular formula is C12H17N5O4. The molecular weight excluding hydrogens is 278 g/mol. The van der Waals surface area contributed by atoms with Crippen LogP contribution >= 0.6 is 0 Å². The van der Waals surface area contributed by atoms with E-state index in [4.69, 9.17) is 4.74 Å². The van der Waals surface area contributed by atoms with Gasteiger partial charge in [0.2, 0.25) is 5.91 Å². The van der Waals surface area contributed by atoms with Crippen LogP contribution in [-0.2, 0) is 21.4 Å². The van der Waals surface area contributed by atoms with E-state index >= 15 is 0 Å². The molecule has 0 saturated carbocycles. The number of aryl methyl sites for hydroxylation is 1. The molecule has 1 atom stereocenters. The van der Waals surface area contributed by atoms with Crippen LogP contribution in [0.1, 0.15) is 11.7 Å². The summed E-state index contributed by atoms with van der Waals surface area (Å²) in [4.78, 5) is 35.7. The zero-order valence-electron chi connectivity index (χ0n) is 11.8. The number of imide groups is 1. The van der Waals surface area contributed by atoms with E-state index in [9.17, 15) is 14.4 Å². The number of carbonyl (C=O) groups excluding carboxylic acids is 3. The molecule has 2 heterocycles. The molecule has 4 amide bonds. The Morgan fingerprint density at radius 1 is 1.57 bits per heavy atom. The lowest BCUT2D eigenvalue weighted by molar-refractivity contribution is -0.131. The third-order valence-electron chi connectivity index (χ3n) is 3.12. The summed E-state index contributed by atoms with van der Waals surface area (Å²) in [5.74, 6) is -0.859. The Bertz CT molecular complexity index is 540. The highest BCUT2D eigenvalue weighted by atomic mass is 16.5. The molecule has 9 nitrogen and oxygen atoms in total. The predicted octanol–water partition coefficient (Wildman–Crippen LogP) is -1.22. The summed E-state index contributed by atoms with van der Waals surface area (Å²) in [6, 6.07) is 0.798. The topological polar surface area (TPSA) is 106 Å². The Morgan fingerprint density at radius 2 is 2.33 bits per heavy atom. The lowest BCUT2D eigenvalue weighted by Crippen LogP contribution is -2.43. The van der Waals surface area contributed by atoms with Crippen molar-refractivity contribution < 1.29 is 19.1 Å². The molecule has 1 saturated heterocycles. The molecule has 114 valence electrons. The summed E-state index contributed by atoms with van der Waals surface area (Å²) >= 11 is 0. The molecule has 21 heavy (non-hydrogen) atoms. The quantitative estimate of drug-likeness (QED) is 0.640. The average molecular weight is 295 g/mol. The fourth-order valence-electron chi connectivity index (χ4n) is 2.09.